The van der Waals surface area contributed by atoms with E-state index in [9.17, 15) is 0 Å². The summed E-state index contributed by atoms with van der Waals surface area (Å²) in [5.74, 6) is 0. The smallest absolute Gasteiger partial charge is 0.110 e. The van der Waals surface area contributed by atoms with Crippen LogP contribution in [-0.2, 0) is 6.42 Å². The van der Waals surface area contributed by atoms with Crippen LogP contribution in [0.15, 0.2) is 66.2 Å². The number of nitrogens with zero attached hydrogens (tertiary/aromatic N) is 1. The van der Waals surface area contributed by atoms with Crippen LogP contribution in [0.5, 0.6) is 0 Å². The van der Waals surface area contributed by atoms with Crippen molar-refractivity contribution in [3.8, 4) is 11.3 Å². The molecule has 4 rings (SSSR count). The molecular weight excluding hydrogens is 302 g/mol. The van der Waals surface area contributed by atoms with E-state index in [1.54, 1.807) is 11.3 Å². The fraction of sp³-hybridized carbons (Fsp3) is 0.105. The van der Waals surface area contributed by atoms with Crippen LogP contribution >= 0.6 is 11.3 Å². The minimum Gasteiger partial charge on any atom is -0.361 e. The third kappa shape index (κ3) is 2.79. The number of rotatable bonds is 4. The van der Waals surface area contributed by atoms with Crippen LogP contribution in [-0.4, -0.2) is 9.97 Å². The van der Waals surface area contributed by atoms with E-state index in [0.29, 0.717) is 0 Å². The van der Waals surface area contributed by atoms with Crippen LogP contribution in [0.25, 0.3) is 22.2 Å². The van der Waals surface area contributed by atoms with Gasteiger partial charge in [-0.25, -0.2) is 4.98 Å². The molecule has 0 bridgehead atoms. The van der Waals surface area contributed by atoms with Crippen molar-refractivity contribution in [2.24, 2.45) is 5.73 Å². The van der Waals surface area contributed by atoms with Crippen molar-refractivity contribution in [3.05, 3.63) is 76.7 Å². The molecule has 0 aliphatic carbocycles. The van der Waals surface area contributed by atoms with Crippen LogP contribution in [0.4, 0.5) is 0 Å². The number of H-pyrrole nitrogens is 1. The summed E-state index contributed by atoms with van der Waals surface area (Å²) in [5.41, 5.74) is 10.9. The van der Waals surface area contributed by atoms with Crippen molar-refractivity contribution in [1.82, 2.24) is 9.97 Å². The molecule has 0 saturated carbocycles. The van der Waals surface area contributed by atoms with E-state index in [1.165, 1.54) is 10.9 Å². The van der Waals surface area contributed by atoms with Crippen molar-refractivity contribution >= 4 is 22.2 Å². The molecular formula is C19H17N3S. The highest BCUT2D eigenvalue weighted by Gasteiger charge is 2.14. The molecule has 0 fully saturated rings. The van der Waals surface area contributed by atoms with Gasteiger partial charge >= 0.3 is 0 Å². The molecule has 2 heterocycles. The summed E-state index contributed by atoms with van der Waals surface area (Å²) in [5, 5.41) is 4.30. The van der Waals surface area contributed by atoms with Gasteiger partial charge in [0.2, 0.25) is 0 Å². The van der Waals surface area contributed by atoms with Gasteiger partial charge in [0.1, 0.15) is 5.01 Å². The lowest BCUT2D eigenvalue weighted by Gasteiger charge is -2.07. The van der Waals surface area contributed by atoms with Gasteiger partial charge < -0.3 is 10.7 Å². The van der Waals surface area contributed by atoms with Gasteiger partial charge in [0, 0.05) is 28.0 Å². The first-order valence-corrected chi connectivity index (χ1v) is 8.50. The SMILES string of the molecule is NC(Cc1c[nH]c2ccccc12)c1nc(-c2ccccc2)cs1. The van der Waals surface area contributed by atoms with E-state index >= 15 is 0 Å². The Kier molecular flexibility index (Phi) is 3.69. The van der Waals surface area contributed by atoms with Gasteiger partial charge in [0.05, 0.1) is 11.7 Å². The van der Waals surface area contributed by atoms with Gasteiger partial charge in [-0.3, -0.25) is 0 Å². The first kappa shape index (κ1) is 14.2. The number of nitrogens with one attached hydrogen (secondary N) is 1. The Morgan fingerprint density at radius 1 is 1.04 bits per heavy atom. The standard InChI is InChI=1S/C19H17N3S/c20-16(10-14-11-21-17-9-5-4-8-15(14)17)19-22-18(12-23-19)13-6-2-1-3-7-13/h1-9,11-12,16,21H,10,20H2. The Hall–Kier alpha value is -2.43. The molecule has 0 amide bonds. The van der Waals surface area contributed by atoms with Crippen LogP contribution in [0, 0.1) is 0 Å². The number of aromatic amines is 1. The zero-order valence-corrected chi connectivity index (χ0v) is 13.4. The monoisotopic (exact) mass is 319 g/mol. The van der Waals surface area contributed by atoms with Crippen LogP contribution in [0.2, 0.25) is 0 Å². The first-order chi connectivity index (χ1) is 11.3. The third-order valence-corrected chi connectivity index (χ3v) is 5.00. The van der Waals surface area contributed by atoms with Crippen molar-refractivity contribution in [1.29, 1.82) is 0 Å². The Labute approximate surface area is 138 Å². The average molecular weight is 319 g/mol. The van der Waals surface area contributed by atoms with Crippen LogP contribution in [0.1, 0.15) is 16.6 Å². The number of hydrogen-bond acceptors (Lipinski definition) is 3. The highest BCUT2D eigenvalue weighted by atomic mass is 32.1. The molecule has 0 aliphatic rings. The molecule has 4 aromatic rings. The maximum absolute atomic E-state index is 6.40. The third-order valence-electron chi connectivity index (χ3n) is 4.02. The Bertz CT molecular complexity index is 924. The molecule has 23 heavy (non-hydrogen) atoms. The van der Waals surface area contributed by atoms with E-state index in [0.717, 1.165) is 28.2 Å². The molecule has 1 unspecified atom stereocenters. The molecule has 0 radical (unpaired) electrons. The van der Waals surface area contributed by atoms with Gasteiger partial charge in [-0.05, 0) is 18.1 Å². The molecule has 114 valence electrons. The molecule has 2 aromatic heterocycles. The number of thiazole rings is 1. The molecule has 1 atom stereocenters. The summed E-state index contributed by atoms with van der Waals surface area (Å²) in [6.07, 6.45) is 2.84. The van der Waals surface area contributed by atoms with Crippen LogP contribution in [0.3, 0.4) is 0 Å². The number of hydrogen-bond donors (Lipinski definition) is 2. The summed E-state index contributed by atoms with van der Waals surface area (Å²) in [6, 6.07) is 18.4. The highest BCUT2D eigenvalue weighted by Crippen LogP contribution is 2.28. The predicted molar refractivity (Wildman–Crippen MR) is 96.5 cm³/mol. The topological polar surface area (TPSA) is 54.7 Å². The quantitative estimate of drug-likeness (QED) is 0.580. The van der Waals surface area contributed by atoms with E-state index in [1.807, 2.05) is 24.3 Å². The number of fused-ring (bicyclic) bond motifs is 1. The Morgan fingerprint density at radius 2 is 1.83 bits per heavy atom. The van der Waals surface area contributed by atoms with Crippen molar-refractivity contribution < 1.29 is 0 Å². The number of benzene rings is 2. The average Bonchev–Trinajstić information content (AvgIpc) is 3.24. The number of aromatic nitrogens is 2. The Morgan fingerprint density at radius 3 is 2.70 bits per heavy atom. The second-order valence-corrected chi connectivity index (χ2v) is 6.50. The molecule has 3 nitrogen and oxygen atoms in total. The van der Waals surface area contributed by atoms with Crippen LogP contribution < -0.4 is 5.73 Å². The zero-order valence-electron chi connectivity index (χ0n) is 12.6. The van der Waals surface area contributed by atoms with Gasteiger partial charge in [-0.1, -0.05) is 48.5 Å². The lowest BCUT2D eigenvalue weighted by Crippen LogP contribution is -2.12. The van der Waals surface area contributed by atoms with Crippen molar-refractivity contribution in [2.75, 3.05) is 0 Å². The fourth-order valence-electron chi connectivity index (χ4n) is 2.82. The molecule has 4 heteroatoms. The van der Waals surface area contributed by atoms with E-state index in [-0.39, 0.29) is 6.04 Å². The van der Waals surface area contributed by atoms with Gasteiger partial charge in [-0.2, -0.15) is 0 Å². The molecule has 0 spiro atoms. The minimum absolute atomic E-state index is 0.0864. The van der Waals surface area contributed by atoms with Crippen molar-refractivity contribution in [3.63, 3.8) is 0 Å². The summed E-state index contributed by atoms with van der Waals surface area (Å²) >= 11 is 1.63. The second-order valence-electron chi connectivity index (χ2n) is 5.61. The summed E-state index contributed by atoms with van der Waals surface area (Å²) in [7, 11) is 0. The highest BCUT2D eigenvalue weighted by molar-refractivity contribution is 7.10. The molecule has 3 N–H and O–H groups in total. The van der Waals surface area contributed by atoms with Crippen molar-refractivity contribution in [2.45, 2.75) is 12.5 Å². The Balaban J connectivity index is 1.58. The second kappa shape index (κ2) is 5.99. The number of nitrogens with two attached hydrogens (primary N) is 1. The minimum atomic E-state index is -0.0864. The maximum atomic E-state index is 6.40. The molecule has 0 saturated heterocycles. The van der Waals surface area contributed by atoms with E-state index < -0.39 is 0 Å². The largest absolute Gasteiger partial charge is 0.361 e. The summed E-state index contributed by atoms with van der Waals surface area (Å²) in [4.78, 5) is 8.03. The number of para-hydroxylation sites is 1. The normalized spacial score (nSPS) is 12.6. The predicted octanol–water partition coefficient (Wildman–Crippen LogP) is 4.53. The zero-order chi connectivity index (χ0) is 15.6. The van der Waals surface area contributed by atoms with E-state index in [2.05, 4.69) is 46.9 Å². The molecule has 2 aromatic carbocycles. The fourth-order valence-corrected chi connectivity index (χ4v) is 3.65. The van der Waals surface area contributed by atoms with Gasteiger partial charge in [-0.15, -0.1) is 11.3 Å². The van der Waals surface area contributed by atoms with Gasteiger partial charge in [0.25, 0.3) is 0 Å². The molecule has 0 aliphatic heterocycles. The summed E-state index contributed by atoms with van der Waals surface area (Å²) in [6.45, 7) is 0. The van der Waals surface area contributed by atoms with Gasteiger partial charge in [0.15, 0.2) is 0 Å². The lowest BCUT2D eigenvalue weighted by atomic mass is 10.1. The van der Waals surface area contributed by atoms with E-state index in [4.69, 9.17) is 10.7 Å². The summed E-state index contributed by atoms with van der Waals surface area (Å²) < 4.78 is 0. The maximum Gasteiger partial charge on any atom is 0.110 e. The lowest BCUT2D eigenvalue weighted by molar-refractivity contribution is 0.719. The first-order valence-electron chi connectivity index (χ1n) is 7.62.